The van der Waals surface area contributed by atoms with Gasteiger partial charge in [-0.15, -0.1) is 0 Å². The van der Waals surface area contributed by atoms with Crippen molar-refractivity contribution in [3.05, 3.63) is 0 Å². The SMILES string of the molecule is CCCCCC1CCC(C2CCC(C)(SCCCC)CC2)CC1. The van der Waals surface area contributed by atoms with Crippen LogP contribution in [-0.4, -0.2) is 10.5 Å². The summed E-state index contributed by atoms with van der Waals surface area (Å²) in [6.45, 7) is 7.20. The lowest BCUT2D eigenvalue weighted by molar-refractivity contribution is 0.153. The van der Waals surface area contributed by atoms with Crippen LogP contribution < -0.4 is 0 Å². The van der Waals surface area contributed by atoms with Crippen LogP contribution in [0, 0.1) is 17.8 Å². The van der Waals surface area contributed by atoms with Crippen LogP contribution in [0.5, 0.6) is 0 Å². The van der Waals surface area contributed by atoms with Gasteiger partial charge in [0.25, 0.3) is 0 Å². The van der Waals surface area contributed by atoms with E-state index in [1.54, 1.807) is 25.7 Å². The summed E-state index contributed by atoms with van der Waals surface area (Å²) in [5.74, 6) is 4.63. The molecule has 0 saturated heterocycles. The van der Waals surface area contributed by atoms with Crippen LogP contribution in [0.1, 0.15) is 111 Å². The second-order valence-corrected chi connectivity index (χ2v) is 10.4. The third-order valence-electron chi connectivity index (χ3n) is 6.81. The Morgan fingerprint density at radius 2 is 1.39 bits per heavy atom. The monoisotopic (exact) mass is 338 g/mol. The summed E-state index contributed by atoms with van der Waals surface area (Å²) in [4.78, 5) is 0. The zero-order chi connectivity index (χ0) is 16.5. The number of rotatable bonds is 9. The maximum absolute atomic E-state index is 2.55. The van der Waals surface area contributed by atoms with Gasteiger partial charge in [0.05, 0.1) is 0 Å². The van der Waals surface area contributed by atoms with E-state index in [9.17, 15) is 0 Å². The van der Waals surface area contributed by atoms with Gasteiger partial charge in [-0.05, 0) is 68.5 Å². The molecule has 0 heterocycles. The van der Waals surface area contributed by atoms with Crippen molar-refractivity contribution in [1.29, 1.82) is 0 Å². The number of unbranched alkanes of at least 4 members (excludes halogenated alkanes) is 3. The number of hydrogen-bond acceptors (Lipinski definition) is 1. The Morgan fingerprint density at radius 3 is 2.00 bits per heavy atom. The van der Waals surface area contributed by atoms with Gasteiger partial charge in [0.15, 0.2) is 0 Å². The van der Waals surface area contributed by atoms with E-state index in [1.807, 2.05) is 0 Å². The molecule has 0 unspecified atom stereocenters. The lowest BCUT2D eigenvalue weighted by atomic mass is 9.68. The molecule has 0 amide bonds. The lowest BCUT2D eigenvalue weighted by Gasteiger charge is -2.42. The van der Waals surface area contributed by atoms with Gasteiger partial charge in [-0.3, -0.25) is 0 Å². The summed E-state index contributed by atoms with van der Waals surface area (Å²) in [6, 6.07) is 0. The fourth-order valence-corrected chi connectivity index (χ4v) is 6.41. The smallest absolute Gasteiger partial charge is 0.0132 e. The third kappa shape index (κ3) is 6.63. The molecular formula is C22H42S. The molecule has 0 aliphatic heterocycles. The van der Waals surface area contributed by atoms with Gasteiger partial charge >= 0.3 is 0 Å². The zero-order valence-corrected chi connectivity index (χ0v) is 17.1. The van der Waals surface area contributed by atoms with Gasteiger partial charge in [0, 0.05) is 4.75 Å². The second kappa shape index (κ2) is 10.4. The topological polar surface area (TPSA) is 0 Å². The largest absolute Gasteiger partial charge is 0.155 e. The van der Waals surface area contributed by atoms with Gasteiger partial charge in [-0.25, -0.2) is 0 Å². The molecule has 0 aromatic carbocycles. The lowest BCUT2D eigenvalue weighted by Crippen LogP contribution is -2.32. The van der Waals surface area contributed by atoms with Crippen molar-refractivity contribution in [2.45, 2.75) is 115 Å². The van der Waals surface area contributed by atoms with E-state index in [4.69, 9.17) is 0 Å². The molecule has 0 atom stereocenters. The first-order chi connectivity index (χ1) is 11.2. The summed E-state index contributed by atoms with van der Waals surface area (Å²) < 4.78 is 0.614. The number of hydrogen-bond donors (Lipinski definition) is 0. The van der Waals surface area contributed by atoms with E-state index in [2.05, 4.69) is 32.5 Å². The first-order valence-corrected chi connectivity index (χ1v) is 11.8. The van der Waals surface area contributed by atoms with E-state index in [-0.39, 0.29) is 0 Å². The van der Waals surface area contributed by atoms with Crippen molar-refractivity contribution < 1.29 is 0 Å². The second-order valence-electron chi connectivity index (χ2n) is 8.77. The van der Waals surface area contributed by atoms with E-state index >= 15 is 0 Å². The fourth-order valence-electron chi connectivity index (χ4n) is 4.96. The van der Waals surface area contributed by atoms with Crippen LogP contribution in [0.15, 0.2) is 0 Å². The maximum Gasteiger partial charge on any atom is 0.0132 e. The average molecular weight is 339 g/mol. The van der Waals surface area contributed by atoms with Crippen LogP contribution >= 0.6 is 11.8 Å². The van der Waals surface area contributed by atoms with Crippen molar-refractivity contribution >= 4 is 11.8 Å². The van der Waals surface area contributed by atoms with E-state index in [0.29, 0.717) is 4.75 Å². The van der Waals surface area contributed by atoms with Gasteiger partial charge in [-0.1, -0.05) is 65.7 Å². The Balaban J connectivity index is 1.64. The highest BCUT2D eigenvalue weighted by molar-refractivity contribution is 8.00. The normalized spacial score (nSPS) is 35.3. The standard InChI is InChI=1S/C22H42S/c1-4-6-8-9-19-10-12-20(13-11-19)21-14-16-22(3,17-15-21)23-18-7-5-2/h19-21H,4-18H2,1-3H3. The highest BCUT2D eigenvalue weighted by Gasteiger charge is 2.35. The Labute approximate surface area is 151 Å². The van der Waals surface area contributed by atoms with E-state index in [1.165, 1.54) is 70.0 Å². The zero-order valence-electron chi connectivity index (χ0n) is 16.2. The molecule has 136 valence electrons. The quantitative estimate of drug-likeness (QED) is 0.386. The first kappa shape index (κ1) is 19.7. The molecule has 0 bridgehead atoms. The summed E-state index contributed by atoms with van der Waals surface area (Å²) in [5.41, 5.74) is 0. The average Bonchev–Trinajstić information content (AvgIpc) is 2.57. The third-order valence-corrected chi connectivity index (χ3v) is 8.41. The molecule has 0 nitrogen and oxygen atoms in total. The molecule has 23 heavy (non-hydrogen) atoms. The van der Waals surface area contributed by atoms with Crippen molar-refractivity contribution in [3.8, 4) is 0 Å². The Morgan fingerprint density at radius 1 is 0.783 bits per heavy atom. The summed E-state index contributed by atoms with van der Waals surface area (Å²) in [6.07, 6.45) is 20.9. The molecule has 0 spiro atoms. The van der Waals surface area contributed by atoms with Gasteiger partial charge < -0.3 is 0 Å². The maximum atomic E-state index is 2.55. The minimum atomic E-state index is 0.614. The Kier molecular flexibility index (Phi) is 8.87. The summed E-state index contributed by atoms with van der Waals surface area (Å²) >= 11 is 2.28. The molecule has 0 aromatic heterocycles. The molecule has 0 radical (unpaired) electrons. The van der Waals surface area contributed by atoms with Crippen molar-refractivity contribution in [1.82, 2.24) is 0 Å². The van der Waals surface area contributed by atoms with Gasteiger partial charge in [0.2, 0.25) is 0 Å². The Bertz CT molecular complexity index is 295. The molecule has 2 rings (SSSR count). The van der Waals surface area contributed by atoms with Crippen LogP contribution in [0.4, 0.5) is 0 Å². The predicted molar refractivity (Wildman–Crippen MR) is 107 cm³/mol. The van der Waals surface area contributed by atoms with Gasteiger partial charge in [-0.2, -0.15) is 11.8 Å². The molecule has 0 N–H and O–H groups in total. The van der Waals surface area contributed by atoms with E-state index in [0.717, 1.165) is 17.8 Å². The molecule has 1 heteroatoms. The van der Waals surface area contributed by atoms with Crippen LogP contribution in [0.3, 0.4) is 0 Å². The van der Waals surface area contributed by atoms with Crippen LogP contribution in [-0.2, 0) is 0 Å². The van der Waals surface area contributed by atoms with Crippen molar-refractivity contribution in [2.24, 2.45) is 17.8 Å². The molecule has 2 aliphatic rings. The first-order valence-electron chi connectivity index (χ1n) is 10.8. The highest BCUT2D eigenvalue weighted by Crippen LogP contribution is 2.47. The molecular weight excluding hydrogens is 296 g/mol. The predicted octanol–water partition coefficient (Wildman–Crippen LogP) is 7.86. The summed E-state index contributed by atoms with van der Waals surface area (Å²) in [5, 5.41) is 0. The highest BCUT2D eigenvalue weighted by atomic mass is 32.2. The fraction of sp³-hybridized carbons (Fsp3) is 1.00. The van der Waals surface area contributed by atoms with E-state index < -0.39 is 0 Å². The molecule has 2 aliphatic carbocycles. The minimum Gasteiger partial charge on any atom is -0.155 e. The van der Waals surface area contributed by atoms with Crippen molar-refractivity contribution in [3.63, 3.8) is 0 Å². The van der Waals surface area contributed by atoms with Crippen LogP contribution in [0.2, 0.25) is 0 Å². The Hall–Kier alpha value is 0.350. The van der Waals surface area contributed by atoms with Crippen molar-refractivity contribution in [2.75, 3.05) is 5.75 Å². The molecule has 2 saturated carbocycles. The van der Waals surface area contributed by atoms with Crippen LogP contribution in [0.25, 0.3) is 0 Å². The number of thioether (sulfide) groups is 1. The minimum absolute atomic E-state index is 0.614. The molecule has 2 fully saturated rings. The molecule has 0 aromatic rings. The van der Waals surface area contributed by atoms with Gasteiger partial charge in [0.1, 0.15) is 0 Å². The summed E-state index contributed by atoms with van der Waals surface area (Å²) in [7, 11) is 0.